The van der Waals surface area contributed by atoms with Crippen molar-refractivity contribution in [3.05, 3.63) is 93.0 Å². The summed E-state index contributed by atoms with van der Waals surface area (Å²) in [5.74, 6) is -0.949. The van der Waals surface area contributed by atoms with Gasteiger partial charge in [-0.1, -0.05) is 54.9 Å². The van der Waals surface area contributed by atoms with E-state index in [1.807, 2.05) is 44.2 Å². The van der Waals surface area contributed by atoms with Crippen molar-refractivity contribution in [3.63, 3.8) is 0 Å². The summed E-state index contributed by atoms with van der Waals surface area (Å²) in [7, 11) is -3.26. The molecule has 2 atom stereocenters. The molecular formula is C31H37ClN4O7S. The molecule has 0 aromatic heterocycles. The number of ether oxygens (including phenoxy) is 1. The fourth-order valence-electron chi connectivity index (χ4n) is 4.48. The second-order valence-electron chi connectivity index (χ2n) is 10.3. The van der Waals surface area contributed by atoms with Crippen molar-refractivity contribution < 1.29 is 27.7 Å². The van der Waals surface area contributed by atoms with Crippen molar-refractivity contribution in [1.29, 1.82) is 0 Å². The highest BCUT2D eigenvalue weighted by Crippen LogP contribution is 2.36. The van der Waals surface area contributed by atoms with Crippen LogP contribution in [0.15, 0.2) is 71.6 Å². The number of aryl methyl sites for hydroxylation is 1. The number of carbonyl (C=O) groups is 2. The topological polar surface area (TPSA) is 139 Å². The van der Waals surface area contributed by atoms with Crippen molar-refractivity contribution >= 4 is 44.8 Å². The minimum absolute atomic E-state index is 0.0451. The van der Waals surface area contributed by atoms with Gasteiger partial charge in [0, 0.05) is 29.2 Å². The molecule has 0 bridgehead atoms. The number of hydrogen-bond acceptors (Lipinski definition) is 7. The Morgan fingerprint density at radius 1 is 1.07 bits per heavy atom. The number of halogens is 1. The van der Waals surface area contributed by atoms with E-state index < -0.39 is 44.0 Å². The Kier molecular flexibility index (Phi) is 11.7. The highest BCUT2D eigenvalue weighted by Gasteiger charge is 2.35. The second kappa shape index (κ2) is 15.0. The first-order valence-corrected chi connectivity index (χ1v) is 15.9. The standard InChI is InChI=1S/C31H37ClN4O7S/c1-6-22(3)33-31(38)23(4)34(17-16-24-10-8-7-9-11-24)30(37)20-35(28-18-25(32)13-15-29(28)43-5)44(41,42)26-14-12-21(2)27(19-26)36(39)40/h7-15,18-19,22-23H,6,16-17,20H2,1-5H3,(H,33,38)/t22-,23+/m1/s1. The van der Waals surface area contributed by atoms with E-state index in [0.29, 0.717) is 12.8 Å². The van der Waals surface area contributed by atoms with Crippen LogP contribution in [0.25, 0.3) is 0 Å². The molecule has 13 heteroatoms. The van der Waals surface area contributed by atoms with Crippen LogP contribution in [-0.2, 0) is 26.0 Å². The number of benzene rings is 3. The minimum atomic E-state index is -4.60. The summed E-state index contributed by atoms with van der Waals surface area (Å²) in [6.07, 6.45) is 1.09. The molecule has 3 rings (SSSR count). The van der Waals surface area contributed by atoms with Gasteiger partial charge in [-0.15, -0.1) is 0 Å². The molecule has 0 unspecified atom stereocenters. The number of anilines is 1. The Labute approximate surface area is 263 Å². The third-order valence-electron chi connectivity index (χ3n) is 7.31. The van der Waals surface area contributed by atoms with E-state index in [1.54, 1.807) is 6.92 Å². The average Bonchev–Trinajstić information content (AvgIpc) is 3.00. The van der Waals surface area contributed by atoms with Crippen LogP contribution < -0.4 is 14.4 Å². The molecule has 0 saturated carbocycles. The number of nitrogens with zero attached hydrogens (tertiary/aromatic N) is 3. The minimum Gasteiger partial charge on any atom is -0.495 e. The molecule has 11 nitrogen and oxygen atoms in total. The number of nitrogens with one attached hydrogen (secondary N) is 1. The van der Waals surface area contributed by atoms with Gasteiger partial charge in [0.2, 0.25) is 11.8 Å². The Hall–Kier alpha value is -4.16. The lowest BCUT2D eigenvalue weighted by Gasteiger charge is -2.32. The zero-order chi connectivity index (χ0) is 32.6. The molecule has 0 radical (unpaired) electrons. The number of amides is 2. The molecule has 0 saturated heterocycles. The van der Waals surface area contributed by atoms with Crippen LogP contribution in [0.2, 0.25) is 5.02 Å². The summed E-state index contributed by atoms with van der Waals surface area (Å²) in [5.41, 5.74) is 0.754. The van der Waals surface area contributed by atoms with Crippen molar-refractivity contribution in [1.82, 2.24) is 10.2 Å². The SMILES string of the molecule is CC[C@@H](C)NC(=O)[C@H](C)N(CCc1ccccc1)C(=O)CN(c1cc(Cl)ccc1OC)S(=O)(=O)c1ccc(C)c([N+](=O)[O-])c1. The number of hydrogen-bond donors (Lipinski definition) is 1. The monoisotopic (exact) mass is 644 g/mol. The fraction of sp³-hybridized carbons (Fsp3) is 0.355. The Morgan fingerprint density at radius 3 is 2.36 bits per heavy atom. The van der Waals surface area contributed by atoms with E-state index >= 15 is 0 Å². The van der Waals surface area contributed by atoms with Crippen LogP contribution in [0.1, 0.15) is 38.3 Å². The summed E-state index contributed by atoms with van der Waals surface area (Å²) >= 11 is 6.26. The van der Waals surface area contributed by atoms with Crippen molar-refractivity contribution in [3.8, 4) is 5.75 Å². The van der Waals surface area contributed by atoms with E-state index in [4.69, 9.17) is 16.3 Å². The van der Waals surface area contributed by atoms with Gasteiger partial charge < -0.3 is 15.0 Å². The van der Waals surface area contributed by atoms with Gasteiger partial charge in [0.25, 0.3) is 15.7 Å². The maximum Gasteiger partial charge on any atom is 0.273 e. The number of carbonyl (C=O) groups excluding carboxylic acids is 2. The molecular weight excluding hydrogens is 608 g/mol. The van der Waals surface area contributed by atoms with Crippen LogP contribution in [0.4, 0.5) is 11.4 Å². The van der Waals surface area contributed by atoms with Gasteiger partial charge in [0.1, 0.15) is 18.3 Å². The van der Waals surface area contributed by atoms with Gasteiger partial charge in [-0.25, -0.2) is 8.42 Å². The van der Waals surface area contributed by atoms with Crippen LogP contribution in [0.3, 0.4) is 0 Å². The second-order valence-corrected chi connectivity index (χ2v) is 12.6. The smallest absolute Gasteiger partial charge is 0.273 e. The Morgan fingerprint density at radius 2 is 1.75 bits per heavy atom. The molecule has 2 amide bonds. The van der Waals surface area contributed by atoms with Crippen LogP contribution in [0, 0.1) is 17.0 Å². The first kappa shape index (κ1) is 34.3. The number of nitro groups is 1. The van der Waals surface area contributed by atoms with E-state index in [1.165, 1.54) is 49.3 Å². The molecule has 0 spiro atoms. The quantitative estimate of drug-likeness (QED) is 0.189. The van der Waals surface area contributed by atoms with Crippen molar-refractivity contribution in [2.75, 3.05) is 24.5 Å². The zero-order valence-electron chi connectivity index (χ0n) is 25.3. The highest BCUT2D eigenvalue weighted by atomic mass is 35.5. The number of methoxy groups -OCH3 is 1. The van der Waals surface area contributed by atoms with E-state index in [-0.39, 0.29) is 40.5 Å². The summed E-state index contributed by atoms with van der Waals surface area (Å²) in [6.45, 7) is 6.23. The van der Waals surface area contributed by atoms with Gasteiger partial charge >= 0.3 is 0 Å². The normalized spacial score (nSPS) is 12.6. The number of sulfonamides is 1. The summed E-state index contributed by atoms with van der Waals surface area (Å²) < 4.78 is 34.6. The predicted molar refractivity (Wildman–Crippen MR) is 170 cm³/mol. The van der Waals surface area contributed by atoms with E-state index in [0.717, 1.165) is 15.9 Å². The van der Waals surface area contributed by atoms with Gasteiger partial charge in [-0.3, -0.25) is 24.0 Å². The molecule has 0 aliphatic heterocycles. The molecule has 0 fully saturated rings. The maximum absolute atomic E-state index is 14.2. The fourth-order valence-corrected chi connectivity index (χ4v) is 6.08. The van der Waals surface area contributed by atoms with Gasteiger partial charge in [0.05, 0.1) is 22.6 Å². The molecule has 0 aliphatic carbocycles. The number of nitro benzene ring substituents is 1. The molecule has 44 heavy (non-hydrogen) atoms. The van der Waals surface area contributed by atoms with Crippen molar-refractivity contribution in [2.24, 2.45) is 0 Å². The molecule has 236 valence electrons. The lowest BCUT2D eigenvalue weighted by Crippen LogP contribution is -2.53. The Balaban J connectivity index is 2.11. The largest absolute Gasteiger partial charge is 0.495 e. The third-order valence-corrected chi connectivity index (χ3v) is 9.30. The average molecular weight is 645 g/mol. The van der Waals surface area contributed by atoms with Crippen molar-refractivity contribution in [2.45, 2.75) is 57.5 Å². The molecule has 1 N–H and O–H groups in total. The summed E-state index contributed by atoms with van der Waals surface area (Å²) in [5, 5.41) is 14.7. The van der Waals surface area contributed by atoms with Gasteiger partial charge in [0.15, 0.2) is 0 Å². The summed E-state index contributed by atoms with van der Waals surface area (Å²) in [6, 6.07) is 16.1. The Bertz CT molecular complexity index is 1600. The van der Waals surface area contributed by atoms with Crippen LogP contribution in [0.5, 0.6) is 5.75 Å². The van der Waals surface area contributed by atoms with Gasteiger partial charge in [-0.2, -0.15) is 0 Å². The van der Waals surface area contributed by atoms with Crippen LogP contribution >= 0.6 is 11.6 Å². The van der Waals surface area contributed by atoms with E-state index in [9.17, 15) is 28.1 Å². The first-order valence-electron chi connectivity index (χ1n) is 14.0. The molecule has 3 aromatic rings. The first-order chi connectivity index (χ1) is 20.8. The highest BCUT2D eigenvalue weighted by molar-refractivity contribution is 7.92. The van der Waals surface area contributed by atoms with E-state index in [2.05, 4.69) is 5.32 Å². The predicted octanol–water partition coefficient (Wildman–Crippen LogP) is 5.14. The lowest BCUT2D eigenvalue weighted by atomic mass is 10.1. The molecule has 0 aliphatic rings. The van der Waals surface area contributed by atoms with Crippen LogP contribution in [-0.4, -0.2) is 62.3 Å². The lowest BCUT2D eigenvalue weighted by molar-refractivity contribution is -0.385. The number of rotatable bonds is 14. The molecule has 3 aromatic carbocycles. The zero-order valence-corrected chi connectivity index (χ0v) is 26.9. The third kappa shape index (κ3) is 8.26. The maximum atomic E-state index is 14.2. The van der Waals surface area contributed by atoms with Gasteiger partial charge in [-0.05, 0) is 63.4 Å². The molecule has 0 heterocycles. The summed E-state index contributed by atoms with van der Waals surface area (Å²) in [4.78, 5) is 39.2.